The molecule has 1 aromatic heterocycles. The van der Waals surface area contributed by atoms with Gasteiger partial charge in [-0.2, -0.15) is 0 Å². The Balaban J connectivity index is 1.95. The first-order valence-corrected chi connectivity index (χ1v) is 6.55. The minimum atomic E-state index is -0.831. The Hall–Kier alpha value is -2.67. The zero-order chi connectivity index (χ0) is 16.1. The first-order chi connectivity index (χ1) is 10.5. The van der Waals surface area contributed by atoms with Gasteiger partial charge in [-0.05, 0) is 24.3 Å². The molecule has 0 fully saturated rings. The van der Waals surface area contributed by atoms with E-state index in [1.165, 1.54) is 24.4 Å². The third kappa shape index (κ3) is 3.92. The van der Waals surface area contributed by atoms with Crippen molar-refractivity contribution in [3.05, 3.63) is 69.4 Å². The Kier molecular flexibility index (Phi) is 4.90. The molecular weight excluding hydrogens is 313 g/mol. The fourth-order valence-corrected chi connectivity index (χ4v) is 1.81. The molecule has 2 amide bonds. The maximum atomic E-state index is 13.5. The normalized spacial score (nSPS) is 10.1. The number of halogens is 2. The number of nitrogens with one attached hydrogen (secondary N) is 2. The average Bonchev–Trinajstić information content (AvgIpc) is 2.47. The molecule has 0 radical (unpaired) electrons. The Labute approximate surface area is 129 Å². The molecule has 1 aromatic carbocycles. The smallest absolute Gasteiger partial charge is 0.272 e. The van der Waals surface area contributed by atoms with E-state index >= 15 is 0 Å². The number of carbonyl (C=O) groups excluding carboxylic acids is 2. The second kappa shape index (κ2) is 6.86. The van der Waals surface area contributed by atoms with Crippen LogP contribution in [0.15, 0.2) is 47.4 Å². The molecule has 22 heavy (non-hydrogen) atoms. The van der Waals surface area contributed by atoms with E-state index in [1.54, 1.807) is 12.1 Å². The predicted molar refractivity (Wildman–Crippen MR) is 77.7 cm³/mol. The van der Waals surface area contributed by atoms with Gasteiger partial charge in [0, 0.05) is 17.3 Å². The minimum Gasteiger partial charge on any atom is -0.306 e. The standard InChI is InChI=1S/C14H11ClFN3O3/c15-9-4-5-10(11(16)7-9)14(22)18-17-12(20)8-19-6-2-1-3-13(19)21/h1-7H,8H2,(H,17,20)(H,18,22). The van der Waals surface area contributed by atoms with Crippen molar-refractivity contribution in [3.63, 3.8) is 0 Å². The van der Waals surface area contributed by atoms with Gasteiger partial charge in [-0.3, -0.25) is 25.2 Å². The number of hydrazine groups is 1. The number of aromatic nitrogens is 1. The molecule has 0 aliphatic heterocycles. The van der Waals surface area contributed by atoms with Crippen LogP contribution in [-0.2, 0) is 11.3 Å². The molecule has 2 rings (SSSR count). The first-order valence-electron chi connectivity index (χ1n) is 6.17. The van der Waals surface area contributed by atoms with E-state index in [0.29, 0.717) is 0 Å². The summed E-state index contributed by atoms with van der Waals surface area (Å²) in [5.74, 6) is -2.27. The maximum absolute atomic E-state index is 13.5. The summed E-state index contributed by atoms with van der Waals surface area (Å²) < 4.78 is 14.7. The topological polar surface area (TPSA) is 80.2 Å². The van der Waals surface area contributed by atoms with E-state index in [2.05, 4.69) is 10.9 Å². The van der Waals surface area contributed by atoms with E-state index in [9.17, 15) is 18.8 Å². The van der Waals surface area contributed by atoms with Gasteiger partial charge in [-0.15, -0.1) is 0 Å². The number of hydrogen-bond acceptors (Lipinski definition) is 3. The van der Waals surface area contributed by atoms with Gasteiger partial charge in [0.05, 0.1) is 5.56 Å². The minimum absolute atomic E-state index is 0.154. The fraction of sp³-hybridized carbons (Fsp3) is 0.0714. The summed E-state index contributed by atoms with van der Waals surface area (Å²) in [7, 11) is 0. The molecule has 1 heterocycles. The van der Waals surface area contributed by atoms with Crippen molar-refractivity contribution in [1.29, 1.82) is 0 Å². The van der Waals surface area contributed by atoms with Gasteiger partial charge in [0.1, 0.15) is 12.4 Å². The van der Waals surface area contributed by atoms with Crippen molar-refractivity contribution >= 4 is 23.4 Å². The van der Waals surface area contributed by atoms with Crippen LogP contribution in [0.25, 0.3) is 0 Å². The molecule has 0 spiro atoms. The van der Waals surface area contributed by atoms with Gasteiger partial charge in [0.2, 0.25) is 0 Å². The number of hydrogen-bond donors (Lipinski definition) is 2. The number of nitrogens with zero attached hydrogens (tertiary/aromatic N) is 1. The lowest BCUT2D eigenvalue weighted by Gasteiger charge is -2.09. The van der Waals surface area contributed by atoms with Crippen molar-refractivity contribution in [3.8, 4) is 0 Å². The molecule has 2 aromatic rings. The summed E-state index contributed by atoms with van der Waals surface area (Å²) >= 11 is 5.58. The van der Waals surface area contributed by atoms with Crippen LogP contribution in [0.1, 0.15) is 10.4 Å². The SMILES string of the molecule is O=C(Cn1ccccc1=O)NNC(=O)c1ccc(Cl)cc1F. The summed E-state index contributed by atoms with van der Waals surface area (Å²) in [6.07, 6.45) is 1.43. The summed E-state index contributed by atoms with van der Waals surface area (Å²) in [5.41, 5.74) is 3.55. The van der Waals surface area contributed by atoms with E-state index < -0.39 is 17.6 Å². The molecule has 0 saturated heterocycles. The fourth-order valence-electron chi connectivity index (χ4n) is 1.65. The van der Waals surface area contributed by atoms with Crippen LogP contribution in [-0.4, -0.2) is 16.4 Å². The number of rotatable bonds is 3. The van der Waals surface area contributed by atoms with Gasteiger partial charge < -0.3 is 4.57 Å². The van der Waals surface area contributed by atoms with Crippen LogP contribution >= 0.6 is 11.6 Å². The third-order valence-electron chi connectivity index (χ3n) is 2.70. The lowest BCUT2D eigenvalue weighted by Crippen LogP contribution is -2.44. The second-order valence-electron chi connectivity index (χ2n) is 4.29. The number of pyridine rings is 1. The predicted octanol–water partition coefficient (Wildman–Crippen LogP) is 1.10. The first kappa shape index (κ1) is 15.7. The monoisotopic (exact) mass is 323 g/mol. The summed E-state index contributed by atoms with van der Waals surface area (Å²) in [6, 6.07) is 7.97. The molecule has 0 aliphatic rings. The molecule has 6 nitrogen and oxygen atoms in total. The Morgan fingerprint density at radius 1 is 1.18 bits per heavy atom. The quantitative estimate of drug-likeness (QED) is 0.830. The van der Waals surface area contributed by atoms with Gasteiger partial charge >= 0.3 is 0 Å². The molecule has 2 N–H and O–H groups in total. The van der Waals surface area contributed by atoms with Crippen LogP contribution in [0.2, 0.25) is 5.02 Å². The van der Waals surface area contributed by atoms with E-state index in [1.807, 2.05) is 0 Å². The highest BCUT2D eigenvalue weighted by Gasteiger charge is 2.13. The highest BCUT2D eigenvalue weighted by Crippen LogP contribution is 2.14. The van der Waals surface area contributed by atoms with E-state index in [-0.39, 0.29) is 22.7 Å². The summed E-state index contributed by atoms with van der Waals surface area (Å²) in [5, 5.41) is 0.154. The van der Waals surface area contributed by atoms with Crippen LogP contribution in [0.5, 0.6) is 0 Å². The van der Waals surface area contributed by atoms with Gasteiger partial charge in [-0.25, -0.2) is 4.39 Å². The van der Waals surface area contributed by atoms with Gasteiger partial charge in [0.25, 0.3) is 17.4 Å². The molecule has 0 bridgehead atoms. The van der Waals surface area contributed by atoms with Crippen LogP contribution < -0.4 is 16.4 Å². The lowest BCUT2D eigenvalue weighted by molar-refractivity contribution is -0.122. The zero-order valence-electron chi connectivity index (χ0n) is 11.2. The lowest BCUT2D eigenvalue weighted by atomic mass is 10.2. The van der Waals surface area contributed by atoms with Gasteiger partial charge in [-0.1, -0.05) is 17.7 Å². The van der Waals surface area contributed by atoms with E-state index in [0.717, 1.165) is 10.6 Å². The number of amides is 2. The molecule has 114 valence electrons. The van der Waals surface area contributed by atoms with E-state index in [4.69, 9.17) is 11.6 Å². The van der Waals surface area contributed by atoms with Crippen molar-refractivity contribution in [2.24, 2.45) is 0 Å². The largest absolute Gasteiger partial charge is 0.306 e. The summed E-state index contributed by atoms with van der Waals surface area (Å²) in [4.78, 5) is 34.8. The summed E-state index contributed by atoms with van der Waals surface area (Å²) in [6.45, 7) is -0.275. The molecular formula is C14H11ClFN3O3. The van der Waals surface area contributed by atoms with Crippen LogP contribution in [0.4, 0.5) is 4.39 Å². The van der Waals surface area contributed by atoms with Crippen LogP contribution in [0.3, 0.4) is 0 Å². The molecule has 0 aliphatic carbocycles. The van der Waals surface area contributed by atoms with Crippen molar-refractivity contribution in [1.82, 2.24) is 15.4 Å². The highest BCUT2D eigenvalue weighted by molar-refractivity contribution is 6.30. The molecule has 0 saturated carbocycles. The molecule has 0 atom stereocenters. The Bertz CT molecular complexity index is 776. The molecule has 8 heteroatoms. The third-order valence-corrected chi connectivity index (χ3v) is 2.94. The van der Waals surface area contributed by atoms with Crippen molar-refractivity contribution in [2.75, 3.05) is 0 Å². The van der Waals surface area contributed by atoms with Gasteiger partial charge in [0.15, 0.2) is 0 Å². The van der Waals surface area contributed by atoms with Crippen molar-refractivity contribution in [2.45, 2.75) is 6.54 Å². The highest BCUT2D eigenvalue weighted by atomic mass is 35.5. The van der Waals surface area contributed by atoms with Crippen LogP contribution in [0, 0.1) is 5.82 Å². The zero-order valence-corrected chi connectivity index (χ0v) is 11.9. The van der Waals surface area contributed by atoms with Crippen molar-refractivity contribution < 1.29 is 14.0 Å². The maximum Gasteiger partial charge on any atom is 0.272 e. The Morgan fingerprint density at radius 2 is 1.95 bits per heavy atom. The second-order valence-corrected chi connectivity index (χ2v) is 4.73. The Morgan fingerprint density at radius 3 is 2.64 bits per heavy atom. The number of carbonyl (C=O) groups is 2. The molecule has 0 unspecified atom stereocenters. The average molecular weight is 324 g/mol. The number of benzene rings is 1.